The Kier molecular flexibility index (Phi) is 6.72. The molecule has 3 N–H and O–H groups in total. The zero-order chi connectivity index (χ0) is 19.2. The minimum Gasteiger partial charge on any atom is -0.495 e. The molecular formula is C21H28ClN3O2+2. The number of halogens is 1. The summed E-state index contributed by atoms with van der Waals surface area (Å²) in [6.07, 6.45) is 0. The summed E-state index contributed by atoms with van der Waals surface area (Å²) in [6, 6.07) is 15.5. The number of methoxy groups -OCH3 is 1. The van der Waals surface area contributed by atoms with Crippen LogP contribution in [0, 0.1) is 0 Å². The molecule has 27 heavy (non-hydrogen) atoms. The molecule has 0 bridgehead atoms. The number of rotatable bonds is 6. The lowest BCUT2D eigenvalue weighted by Gasteiger charge is -2.32. The summed E-state index contributed by atoms with van der Waals surface area (Å²) in [7, 11) is 1.61. The fourth-order valence-electron chi connectivity index (χ4n) is 3.64. The lowest BCUT2D eigenvalue weighted by atomic mass is 10.1. The maximum absolute atomic E-state index is 12.7. The third-order valence-electron chi connectivity index (χ3n) is 5.31. The summed E-state index contributed by atoms with van der Waals surface area (Å²) < 4.78 is 5.32. The molecule has 6 heteroatoms. The molecule has 2 aromatic carbocycles. The van der Waals surface area contributed by atoms with Gasteiger partial charge in [-0.05, 0) is 31.2 Å². The number of carbonyl (C=O) groups is 1. The van der Waals surface area contributed by atoms with E-state index < -0.39 is 0 Å². The number of hydrogen-bond donors (Lipinski definition) is 3. The second-order valence-corrected chi connectivity index (χ2v) is 7.56. The number of ether oxygens (including phenoxy) is 1. The SMILES string of the molecule is COc1ccccc1NC(=O)[C@H](C)[NH+]1CC[NH+](Cc2cccc(Cl)c2)CC1. The predicted molar refractivity (Wildman–Crippen MR) is 108 cm³/mol. The van der Waals surface area contributed by atoms with Gasteiger partial charge < -0.3 is 19.9 Å². The van der Waals surface area contributed by atoms with Crippen LogP contribution in [0.2, 0.25) is 5.02 Å². The minimum atomic E-state index is -0.0948. The van der Waals surface area contributed by atoms with Crippen molar-refractivity contribution in [3.8, 4) is 5.75 Å². The Labute approximate surface area is 165 Å². The van der Waals surface area contributed by atoms with Crippen molar-refractivity contribution >= 4 is 23.2 Å². The van der Waals surface area contributed by atoms with Crippen molar-refractivity contribution in [1.29, 1.82) is 0 Å². The van der Waals surface area contributed by atoms with E-state index in [4.69, 9.17) is 16.3 Å². The van der Waals surface area contributed by atoms with Crippen LogP contribution in [-0.4, -0.2) is 45.2 Å². The number of para-hydroxylation sites is 2. The molecule has 1 heterocycles. The van der Waals surface area contributed by atoms with Crippen molar-refractivity contribution in [3.05, 3.63) is 59.1 Å². The standard InChI is InChI=1S/C21H26ClN3O2/c1-16(21(26)23-19-8-3-4-9-20(19)27-2)25-12-10-24(11-13-25)15-17-6-5-7-18(22)14-17/h3-9,14,16H,10-13,15H2,1-2H3,(H,23,26)/p+2/t16-/m0/s1. The predicted octanol–water partition coefficient (Wildman–Crippen LogP) is 0.659. The number of hydrogen-bond acceptors (Lipinski definition) is 2. The van der Waals surface area contributed by atoms with E-state index >= 15 is 0 Å². The molecule has 5 nitrogen and oxygen atoms in total. The number of carbonyl (C=O) groups excluding carboxylic acids is 1. The Morgan fingerprint density at radius 3 is 2.59 bits per heavy atom. The molecule has 0 spiro atoms. The first-order valence-corrected chi connectivity index (χ1v) is 9.81. The summed E-state index contributed by atoms with van der Waals surface area (Å²) >= 11 is 6.08. The molecule has 2 aromatic rings. The van der Waals surface area contributed by atoms with E-state index in [0.717, 1.165) is 43.4 Å². The Balaban J connectivity index is 1.51. The van der Waals surface area contributed by atoms with Gasteiger partial charge in [0.1, 0.15) is 38.5 Å². The maximum atomic E-state index is 12.7. The molecule has 144 valence electrons. The molecule has 0 radical (unpaired) electrons. The van der Waals surface area contributed by atoms with E-state index in [2.05, 4.69) is 11.4 Å². The minimum absolute atomic E-state index is 0.0350. The molecule has 1 amide bonds. The highest BCUT2D eigenvalue weighted by molar-refractivity contribution is 6.30. The van der Waals surface area contributed by atoms with Crippen molar-refractivity contribution in [1.82, 2.24) is 0 Å². The third kappa shape index (κ3) is 5.22. The first-order chi connectivity index (χ1) is 13.1. The van der Waals surface area contributed by atoms with Crippen molar-refractivity contribution in [2.24, 2.45) is 0 Å². The van der Waals surface area contributed by atoms with E-state index in [9.17, 15) is 4.79 Å². The van der Waals surface area contributed by atoms with Crippen LogP contribution in [0.25, 0.3) is 0 Å². The molecule has 0 saturated carbocycles. The van der Waals surface area contributed by atoms with Crippen molar-refractivity contribution in [3.63, 3.8) is 0 Å². The lowest BCUT2D eigenvalue weighted by Crippen LogP contribution is -3.29. The normalized spacial score (nSPS) is 20.7. The zero-order valence-corrected chi connectivity index (χ0v) is 16.7. The molecule has 1 fully saturated rings. The topological polar surface area (TPSA) is 47.2 Å². The van der Waals surface area contributed by atoms with Crippen LogP contribution in [0.3, 0.4) is 0 Å². The van der Waals surface area contributed by atoms with Crippen molar-refractivity contribution in [2.75, 3.05) is 38.6 Å². The van der Waals surface area contributed by atoms with Gasteiger partial charge in [-0.1, -0.05) is 35.9 Å². The first kappa shape index (κ1) is 19.7. The molecule has 1 aliphatic rings. The molecule has 0 unspecified atom stereocenters. The average molecular weight is 390 g/mol. The number of amides is 1. The van der Waals surface area contributed by atoms with Gasteiger partial charge in [-0.2, -0.15) is 0 Å². The molecule has 1 atom stereocenters. The fraction of sp³-hybridized carbons (Fsp3) is 0.381. The number of anilines is 1. The largest absolute Gasteiger partial charge is 0.495 e. The van der Waals surface area contributed by atoms with E-state index in [1.807, 2.05) is 49.4 Å². The van der Waals surface area contributed by atoms with Gasteiger partial charge in [0.25, 0.3) is 5.91 Å². The van der Waals surface area contributed by atoms with Gasteiger partial charge in [0, 0.05) is 10.6 Å². The van der Waals surface area contributed by atoms with E-state index in [1.165, 1.54) is 10.5 Å². The Hall–Kier alpha value is -2.08. The van der Waals surface area contributed by atoms with E-state index in [-0.39, 0.29) is 11.9 Å². The Morgan fingerprint density at radius 1 is 1.15 bits per heavy atom. The maximum Gasteiger partial charge on any atom is 0.282 e. The fourth-order valence-corrected chi connectivity index (χ4v) is 3.86. The first-order valence-electron chi connectivity index (χ1n) is 9.43. The van der Waals surface area contributed by atoms with E-state index in [0.29, 0.717) is 5.75 Å². The highest BCUT2D eigenvalue weighted by atomic mass is 35.5. The second kappa shape index (κ2) is 9.22. The van der Waals surface area contributed by atoms with Gasteiger partial charge >= 0.3 is 0 Å². The quantitative estimate of drug-likeness (QED) is 0.679. The number of nitrogens with one attached hydrogen (secondary N) is 3. The highest BCUT2D eigenvalue weighted by Crippen LogP contribution is 2.22. The summed E-state index contributed by atoms with van der Waals surface area (Å²) in [5.74, 6) is 0.719. The zero-order valence-electron chi connectivity index (χ0n) is 15.9. The molecule has 1 saturated heterocycles. The molecule has 1 aliphatic heterocycles. The van der Waals surface area contributed by atoms with Crippen LogP contribution in [0.5, 0.6) is 5.75 Å². The average Bonchev–Trinajstić information content (AvgIpc) is 2.68. The van der Waals surface area contributed by atoms with Gasteiger partial charge in [0.05, 0.1) is 12.8 Å². The number of benzene rings is 2. The van der Waals surface area contributed by atoms with Crippen LogP contribution in [0.15, 0.2) is 48.5 Å². The second-order valence-electron chi connectivity index (χ2n) is 7.13. The van der Waals surface area contributed by atoms with Crippen LogP contribution >= 0.6 is 11.6 Å². The third-order valence-corrected chi connectivity index (χ3v) is 5.55. The van der Waals surface area contributed by atoms with Crippen LogP contribution < -0.4 is 19.9 Å². The number of piperazine rings is 1. The molecule has 3 rings (SSSR count). The van der Waals surface area contributed by atoms with Crippen LogP contribution in [0.4, 0.5) is 5.69 Å². The van der Waals surface area contributed by atoms with E-state index in [1.54, 1.807) is 12.0 Å². The van der Waals surface area contributed by atoms with Crippen LogP contribution in [0.1, 0.15) is 12.5 Å². The molecule has 0 aliphatic carbocycles. The lowest BCUT2D eigenvalue weighted by molar-refractivity contribution is -1.02. The monoisotopic (exact) mass is 389 g/mol. The van der Waals surface area contributed by atoms with Gasteiger partial charge in [0.2, 0.25) is 0 Å². The van der Waals surface area contributed by atoms with Gasteiger partial charge in [0.15, 0.2) is 6.04 Å². The van der Waals surface area contributed by atoms with Crippen LogP contribution in [-0.2, 0) is 11.3 Å². The summed E-state index contributed by atoms with van der Waals surface area (Å²) in [4.78, 5) is 15.6. The van der Waals surface area contributed by atoms with Gasteiger partial charge in [-0.25, -0.2) is 0 Å². The van der Waals surface area contributed by atoms with Gasteiger partial charge in [-0.3, -0.25) is 4.79 Å². The smallest absolute Gasteiger partial charge is 0.282 e. The van der Waals surface area contributed by atoms with Gasteiger partial charge in [-0.15, -0.1) is 0 Å². The van der Waals surface area contributed by atoms with Crippen molar-refractivity contribution in [2.45, 2.75) is 19.5 Å². The molecular weight excluding hydrogens is 362 g/mol. The summed E-state index contributed by atoms with van der Waals surface area (Å²) in [6.45, 7) is 7.05. The Morgan fingerprint density at radius 2 is 1.89 bits per heavy atom. The highest BCUT2D eigenvalue weighted by Gasteiger charge is 2.31. The summed E-state index contributed by atoms with van der Waals surface area (Å²) in [5.41, 5.74) is 1.99. The number of quaternary nitrogens is 2. The van der Waals surface area contributed by atoms with Crippen molar-refractivity contribution < 1.29 is 19.3 Å². The molecule has 0 aromatic heterocycles. The Bertz CT molecular complexity index is 776. The summed E-state index contributed by atoms with van der Waals surface area (Å²) in [5, 5.41) is 3.80.